The average molecular weight is 265 g/mol. The predicted octanol–water partition coefficient (Wildman–Crippen LogP) is 2.92. The lowest BCUT2D eigenvalue weighted by molar-refractivity contribution is 0.125. The van der Waals surface area contributed by atoms with Crippen molar-refractivity contribution in [2.24, 2.45) is 5.92 Å². The van der Waals surface area contributed by atoms with Gasteiger partial charge in [0.05, 0.1) is 6.10 Å². The Labute approximate surface area is 115 Å². The Morgan fingerprint density at radius 3 is 2.39 bits per heavy atom. The van der Waals surface area contributed by atoms with Crippen molar-refractivity contribution in [3.05, 3.63) is 35.4 Å². The van der Waals surface area contributed by atoms with E-state index < -0.39 is 0 Å². The van der Waals surface area contributed by atoms with Crippen molar-refractivity contribution < 1.29 is 5.11 Å². The van der Waals surface area contributed by atoms with Crippen LogP contribution in [0.5, 0.6) is 0 Å². The van der Waals surface area contributed by atoms with E-state index in [4.69, 9.17) is 12.2 Å². The van der Waals surface area contributed by atoms with Crippen LogP contribution >= 0.6 is 12.2 Å². The number of aliphatic hydroxyl groups is 1. The van der Waals surface area contributed by atoms with Gasteiger partial charge in [0, 0.05) is 11.6 Å². The predicted molar refractivity (Wildman–Crippen MR) is 81.0 cm³/mol. The molecule has 18 heavy (non-hydrogen) atoms. The second-order valence-corrected chi connectivity index (χ2v) is 5.71. The first-order chi connectivity index (χ1) is 8.41. The summed E-state index contributed by atoms with van der Waals surface area (Å²) in [5.74, 6) is 0.254. The van der Waals surface area contributed by atoms with Crippen LogP contribution in [0.3, 0.4) is 0 Å². The Balaban J connectivity index is 2.89. The van der Waals surface area contributed by atoms with Crippen molar-refractivity contribution in [2.75, 3.05) is 0 Å². The molecule has 0 aliphatic heterocycles. The van der Waals surface area contributed by atoms with Crippen LogP contribution in [0.25, 0.3) is 0 Å². The average Bonchev–Trinajstić information content (AvgIpc) is 2.28. The molecule has 0 aromatic heterocycles. The van der Waals surface area contributed by atoms with Crippen LogP contribution in [-0.4, -0.2) is 22.2 Å². The third-order valence-electron chi connectivity index (χ3n) is 2.88. The molecule has 1 aromatic rings. The van der Waals surface area contributed by atoms with Crippen molar-refractivity contribution >= 4 is 17.2 Å². The minimum atomic E-state index is -0.326. The molecule has 0 amide bonds. The van der Waals surface area contributed by atoms with E-state index in [2.05, 4.69) is 19.2 Å². The maximum absolute atomic E-state index is 10.0. The van der Waals surface area contributed by atoms with Crippen LogP contribution in [0.4, 0.5) is 0 Å². The number of benzene rings is 1. The Bertz CT molecular complexity index is 401. The Morgan fingerprint density at radius 1 is 1.22 bits per heavy atom. The maximum Gasteiger partial charge on any atom is 0.107 e. The molecule has 2 N–H and O–H groups in total. The fraction of sp³-hybridized carbons (Fsp3) is 0.533. The fourth-order valence-electron chi connectivity index (χ4n) is 1.72. The van der Waals surface area contributed by atoms with Crippen molar-refractivity contribution in [1.82, 2.24) is 5.32 Å². The summed E-state index contributed by atoms with van der Waals surface area (Å²) in [5.41, 5.74) is 2.14. The molecule has 1 unspecified atom stereocenters. The molecule has 0 aliphatic carbocycles. The van der Waals surface area contributed by atoms with Crippen LogP contribution < -0.4 is 5.32 Å². The molecule has 0 heterocycles. The highest BCUT2D eigenvalue weighted by atomic mass is 32.1. The molecule has 0 saturated heterocycles. The summed E-state index contributed by atoms with van der Waals surface area (Å²) in [6, 6.07) is 8.34. The highest BCUT2D eigenvalue weighted by molar-refractivity contribution is 7.80. The van der Waals surface area contributed by atoms with Gasteiger partial charge in [-0.2, -0.15) is 0 Å². The standard InChI is InChI=1S/C15H23NOS/c1-10(2)14(17)9-12-7-5-6-8-13(12)15(18)16-11(3)4/h5-8,10-11,14,17H,9H2,1-4H3,(H,16,18). The summed E-state index contributed by atoms with van der Waals surface area (Å²) < 4.78 is 0. The summed E-state index contributed by atoms with van der Waals surface area (Å²) in [4.78, 5) is 0.761. The van der Waals surface area contributed by atoms with Gasteiger partial charge in [0.15, 0.2) is 0 Å². The van der Waals surface area contributed by atoms with Crippen molar-refractivity contribution in [3.63, 3.8) is 0 Å². The topological polar surface area (TPSA) is 32.3 Å². The molecule has 3 heteroatoms. The quantitative estimate of drug-likeness (QED) is 0.803. The van der Waals surface area contributed by atoms with Gasteiger partial charge in [-0.25, -0.2) is 0 Å². The molecule has 0 bridgehead atoms. The third-order valence-corrected chi connectivity index (χ3v) is 3.22. The van der Waals surface area contributed by atoms with Crippen molar-refractivity contribution in [3.8, 4) is 0 Å². The zero-order valence-corrected chi connectivity index (χ0v) is 12.4. The number of rotatable bonds is 5. The Morgan fingerprint density at radius 2 is 1.83 bits per heavy atom. The van der Waals surface area contributed by atoms with Crippen LogP contribution in [-0.2, 0) is 6.42 Å². The van der Waals surface area contributed by atoms with E-state index in [1.165, 1.54) is 0 Å². The monoisotopic (exact) mass is 265 g/mol. The molecule has 2 nitrogen and oxygen atoms in total. The molecular formula is C15H23NOS. The summed E-state index contributed by atoms with van der Waals surface area (Å²) in [5, 5.41) is 13.3. The molecule has 0 radical (unpaired) electrons. The van der Waals surface area contributed by atoms with Crippen molar-refractivity contribution in [2.45, 2.75) is 46.3 Å². The largest absolute Gasteiger partial charge is 0.393 e. The highest BCUT2D eigenvalue weighted by Gasteiger charge is 2.14. The summed E-state index contributed by atoms with van der Waals surface area (Å²) in [6.45, 7) is 8.19. The van der Waals surface area contributed by atoms with Crippen LogP contribution in [0, 0.1) is 5.92 Å². The molecular weight excluding hydrogens is 242 g/mol. The van der Waals surface area contributed by atoms with E-state index in [1.807, 2.05) is 38.1 Å². The summed E-state index contributed by atoms with van der Waals surface area (Å²) >= 11 is 5.41. The highest BCUT2D eigenvalue weighted by Crippen LogP contribution is 2.15. The smallest absolute Gasteiger partial charge is 0.107 e. The van der Waals surface area contributed by atoms with Crippen molar-refractivity contribution in [1.29, 1.82) is 0 Å². The lowest BCUT2D eigenvalue weighted by Gasteiger charge is -2.18. The van der Waals surface area contributed by atoms with Gasteiger partial charge in [-0.3, -0.25) is 0 Å². The number of hydrogen-bond donors (Lipinski definition) is 2. The second kappa shape index (κ2) is 6.86. The van der Waals surface area contributed by atoms with Gasteiger partial charge < -0.3 is 10.4 Å². The molecule has 100 valence electrons. The molecule has 0 fully saturated rings. The molecule has 1 aromatic carbocycles. The zero-order chi connectivity index (χ0) is 13.7. The lowest BCUT2D eigenvalue weighted by Crippen LogP contribution is -2.30. The van der Waals surface area contributed by atoms with Gasteiger partial charge in [-0.15, -0.1) is 0 Å². The van der Waals surface area contributed by atoms with E-state index in [-0.39, 0.29) is 12.0 Å². The lowest BCUT2D eigenvalue weighted by atomic mass is 9.96. The van der Waals surface area contributed by atoms with Gasteiger partial charge in [0.1, 0.15) is 4.99 Å². The number of thiocarbonyl (C=S) groups is 1. The van der Waals surface area contributed by atoms with Crippen LogP contribution in [0.15, 0.2) is 24.3 Å². The fourth-order valence-corrected chi connectivity index (χ4v) is 2.16. The molecule has 0 aliphatic rings. The van der Waals surface area contributed by atoms with Gasteiger partial charge in [-0.1, -0.05) is 50.3 Å². The summed E-state index contributed by atoms with van der Waals surface area (Å²) in [6.07, 6.45) is 0.321. The SMILES string of the molecule is CC(C)NC(=S)c1ccccc1CC(O)C(C)C. The van der Waals surface area contributed by atoms with E-state index in [0.717, 1.165) is 16.1 Å². The zero-order valence-electron chi connectivity index (χ0n) is 11.6. The number of nitrogens with one attached hydrogen (secondary N) is 1. The van der Waals surface area contributed by atoms with E-state index in [1.54, 1.807) is 0 Å². The first kappa shape index (κ1) is 15.1. The first-order valence-corrected chi connectivity index (χ1v) is 6.89. The second-order valence-electron chi connectivity index (χ2n) is 5.30. The first-order valence-electron chi connectivity index (χ1n) is 6.48. The number of hydrogen-bond acceptors (Lipinski definition) is 2. The number of aliphatic hydroxyl groups excluding tert-OH is 1. The summed E-state index contributed by atoms with van der Waals surface area (Å²) in [7, 11) is 0. The van der Waals surface area contributed by atoms with Gasteiger partial charge in [0.2, 0.25) is 0 Å². The Hall–Kier alpha value is -0.930. The molecule has 1 atom stereocenters. The van der Waals surface area contributed by atoms with Gasteiger partial charge in [0.25, 0.3) is 0 Å². The normalized spacial score (nSPS) is 12.8. The maximum atomic E-state index is 10.0. The Kier molecular flexibility index (Phi) is 5.76. The van der Waals surface area contributed by atoms with Gasteiger partial charge in [-0.05, 0) is 31.7 Å². The third kappa shape index (κ3) is 4.39. The van der Waals surface area contributed by atoms with Gasteiger partial charge >= 0.3 is 0 Å². The van der Waals surface area contributed by atoms with E-state index in [9.17, 15) is 5.11 Å². The van der Waals surface area contributed by atoms with E-state index in [0.29, 0.717) is 12.5 Å². The molecule has 0 spiro atoms. The molecule has 1 rings (SSSR count). The molecule has 0 saturated carbocycles. The minimum absolute atomic E-state index is 0.254. The van der Waals surface area contributed by atoms with Crippen LogP contribution in [0.1, 0.15) is 38.8 Å². The van der Waals surface area contributed by atoms with Crippen LogP contribution in [0.2, 0.25) is 0 Å². The minimum Gasteiger partial charge on any atom is -0.393 e. The van der Waals surface area contributed by atoms with E-state index >= 15 is 0 Å².